The first kappa shape index (κ1) is 17.2. The van der Waals surface area contributed by atoms with Gasteiger partial charge in [-0.3, -0.25) is 9.59 Å². The molecule has 0 saturated carbocycles. The van der Waals surface area contributed by atoms with Crippen molar-refractivity contribution in [2.24, 2.45) is 0 Å². The lowest BCUT2D eigenvalue weighted by Crippen LogP contribution is -2.52. The normalized spacial score (nSPS) is 21.0. The van der Waals surface area contributed by atoms with E-state index in [0.29, 0.717) is 44.1 Å². The third kappa shape index (κ3) is 3.90. The Morgan fingerprint density at radius 2 is 2.08 bits per heavy atom. The topological polar surface area (TPSA) is 49.9 Å². The maximum atomic E-state index is 12.5. The van der Waals surface area contributed by atoms with Gasteiger partial charge in [0.2, 0.25) is 11.8 Å². The Balaban J connectivity index is 1.58. The van der Waals surface area contributed by atoms with Crippen LogP contribution < -0.4 is 0 Å². The highest BCUT2D eigenvalue weighted by atomic mass is 35.5. The average molecular weight is 351 g/mol. The summed E-state index contributed by atoms with van der Waals surface area (Å²) in [6.07, 6.45) is 2.35. The Morgan fingerprint density at radius 1 is 1.33 bits per heavy atom. The Morgan fingerprint density at radius 3 is 2.79 bits per heavy atom. The van der Waals surface area contributed by atoms with E-state index in [0.717, 1.165) is 18.4 Å². The Kier molecular flexibility index (Phi) is 5.11. The largest absolute Gasteiger partial charge is 0.372 e. The van der Waals surface area contributed by atoms with Gasteiger partial charge in [0.1, 0.15) is 0 Å². The van der Waals surface area contributed by atoms with E-state index >= 15 is 0 Å². The first-order valence-electron chi connectivity index (χ1n) is 8.38. The number of carbonyl (C=O) groups is 2. The summed E-state index contributed by atoms with van der Waals surface area (Å²) < 4.78 is 6.02. The van der Waals surface area contributed by atoms with Crippen molar-refractivity contribution in [1.82, 2.24) is 9.80 Å². The van der Waals surface area contributed by atoms with Crippen LogP contribution in [0.5, 0.6) is 0 Å². The average Bonchev–Trinajstić information content (AvgIpc) is 2.67. The van der Waals surface area contributed by atoms with Crippen LogP contribution in [-0.2, 0) is 20.7 Å². The van der Waals surface area contributed by atoms with Crippen LogP contribution >= 0.6 is 11.6 Å². The molecule has 130 valence electrons. The van der Waals surface area contributed by atoms with Crippen LogP contribution in [0.4, 0.5) is 0 Å². The van der Waals surface area contributed by atoms with Crippen LogP contribution in [0.1, 0.15) is 24.8 Å². The minimum absolute atomic E-state index is 0.116. The molecule has 0 atom stereocenters. The van der Waals surface area contributed by atoms with Crippen molar-refractivity contribution in [2.75, 3.05) is 33.3 Å². The number of carbonyl (C=O) groups excluding carboxylic acids is 2. The molecular weight excluding hydrogens is 328 g/mol. The molecule has 1 aromatic carbocycles. The van der Waals surface area contributed by atoms with Gasteiger partial charge >= 0.3 is 0 Å². The number of hydrogen-bond donors (Lipinski definition) is 0. The summed E-state index contributed by atoms with van der Waals surface area (Å²) in [5, 5.41) is 0.650. The number of likely N-dealkylation sites (N-methyl/N-ethyl adjacent to an activating group) is 1. The van der Waals surface area contributed by atoms with Crippen molar-refractivity contribution >= 4 is 23.4 Å². The number of likely N-dealkylation sites (tertiary alicyclic amines) is 1. The molecule has 2 aliphatic rings. The van der Waals surface area contributed by atoms with E-state index in [1.165, 1.54) is 0 Å². The molecule has 5 nitrogen and oxygen atoms in total. The molecule has 0 unspecified atom stereocenters. The fraction of sp³-hybridized carbons (Fsp3) is 0.556. The fourth-order valence-corrected chi connectivity index (χ4v) is 3.72. The molecule has 2 fully saturated rings. The maximum Gasteiger partial charge on any atom is 0.226 e. The molecule has 0 radical (unpaired) electrons. The lowest BCUT2D eigenvalue weighted by atomic mass is 9.90. The zero-order chi connectivity index (χ0) is 17.2. The van der Waals surface area contributed by atoms with Gasteiger partial charge in [-0.25, -0.2) is 0 Å². The number of piperidine rings is 1. The van der Waals surface area contributed by atoms with Crippen LogP contribution in [0.3, 0.4) is 0 Å². The quantitative estimate of drug-likeness (QED) is 0.821. The number of benzene rings is 1. The number of ether oxygens (including phenoxy) is 1. The molecule has 2 amide bonds. The smallest absolute Gasteiger partial charge is 0.226 e. The molecule has 0 aliphatic carbocycles. The molecule has 2 heterocycles. The molecule has 2 aliphatic heterocycles. The minimum Gasteiger partial charge on any atom is -0.372 e. The van der Waals surface area contributed by atoms with Crippen molar-refractivity contribution in [3.63, 3.8) is 0 Å². The molecule has 1 aromatic rings. The van der Waals surface area contributed by atoms with Gasteiger partial charge in [-0.05, 0) is 30.5 Å². The standard InChI is InChI=1S/C18H23ClN2O3/c1-20-13-18(24-10-5-16(20)22)6-8-21(9-7-18)17(23)12-14-3-2-4-15(19)11-14/h2-4,11H,5-10,12-13H2,1H3. The highest BCUT2D eigenvalue weighted by Crippen LogP contribution is 2.30. The fourth-order valence-electron chi connectivity index (χ4n) is 3.51. The zero-order valence-electron chi connectivity index (χ0n) is 14.0. The second-order valence-corrected chi connectivity index (χ2v) is 7.16. The maximum absolute atomic E-state index is 12.5. The molecular formula is C18H23ClN2O3. The van der Waals surface area contributed by atoms with E-state index in [-0.39, 0.29) is 17.4 Å². The number of nitrogens with zero attached hydrogens (tertiary/aromatic N) is 2. The second kappa shape index (κ2) is 7.11. The number of halogens is 1. The highest BCUT2D eigenvalue weighted by molar-refractivity contribution is 6.30. The third-order valence-corrected chi connectivity index (χ3v) is 5.18. The molecule has 0 bridgehead atoms. The molecule has 1 spiro atoms. The zero-order valence-corrected chi connectivity index (χ0v) is 14.7. The first-order valence-corrected chi connectivity index (χ1v) is 8.75. The Bertz CT molecular complexity index is 626. The van der Waals surface area contributed by atoms with E-state index < -0.39 is 0 Å². The van der Waals surface area contributed by atoms with E-state index in [4.69, 9.17) is 16.3 Å². The molecule has 0 aromatic heterocycles. The van der Waals surface area contributed by atoms with Crippen LogP contribution in [0.25, 0.3) is 0 Å². The molecule has 6 heteroatoms. The van der Waals surface area contributed by atoms with Gasteiger partial charge in [-0.15, -0.1) is 0 Å². The minimum atomic E-state index is -0.298. The van der Waals surface area contributed by atoms with Gasteiger partial charge in [-0.1, -0.05) is 23.7 Å². The third-order valence-electron chi connectivity index (χ3n) is 4.95. The monoisotopic (exact) mass is 350 g/mol. The van der Waals surface area contributed by atoms with Crippen molar-refractivity contribution in [1.29, 1.82) is 0 Å². The lowest BCUT2D eigenvalue weighted by Gasteiger charge is -2.42. The van der Waals surface area contributed by atoms with E-state index in [1.54, 1.807) is 11.0 Å². The van der Waals surface area contributed by atoms with Crippen LogP contribution in [0.2, 0.25) is 5.02 Å². The van der Waals surface area contributed by atoms with Gasteiger partial charge in [-0.2, -0.15) is 0 Å². The summed E-state index contributed by atoms with van der Waals surface area (Å²) in [6.45, 7) is 2.42. The van der Waals surface area contributed by atoms with Crippen molar-refractivity contribution < 1.29 is 14.3 Å². The van der Waals surface area contributed by atoms with Crippen LogP contribution in [-0.4, -0.2) is 60.5 Å². The Hall–Kier alpha value is -1.59. The number of rotatable bonds is 2. The summed E-state index contributed by atoms with van der Waals surface area (Å²) in [6, 6.07) is 7.42. The van der Waals surface area contributed by atoms with Gasteiger partial charge in [0.25, 0.3) is 0 Å². The van der Waals surface area contributed by atoms with Gasteiger partial charge in [0, 0.05) is 31.7 Å². The molecule has 0 N–H and O–H groups in total. The lowest BCUT2D eigenvalue weighted by molar-refractivity contribution is -0.138. The first-order chi connectivity index (χ1) is 11.5. The molecule has 24 heavy (non-hydrogen) atoms. The summed E-state index contributed by atoms with van der Waals surface area (Å²) in [5.41, 5.74) is 0.636. The molecule has 3 rings (SSSR count). The summed E-state index contributed by atoms with van der Waals surface area (Å²) in [7, 11) is 1.83. The SMILES string of the molecule is CN1CC2(CCN(C(=O)Cc3cccc(Cl)c3)CC2)OCCC1=O. The highest BCUT2D eigenvalue weighted by Gasteiger charge is 2.40. The van der Waals surface area contributed by atoms with Crippen molar-refractivity contribution in [3.05, 3.63) is 34.9 Å². The second-order valence-electron chi connectivity index (χ2n) is 6.72. The summed E-state index contributed by atoms with van der Waals surface area (Å²) in [4.78, 5) is 28.0. The van der Waals surface area contributed by atoms with Gasteiger partial charge in [0.15, 0.2) is 0 Å². The predicted octanol–water partition coefficient (Wildman–Crippen LogP) is 2.12. The van der Waals surface area contributed by atoms with Crippen LogP contribution in [0, 0.1) is 0 Å². The Labute approximate surface area is 147 Å². The molecule has 2 saturated heterocycles. The summed E-state index contributed by atoms with van der Waals surface area (Å²) >= 11 is 5.98. The number of amides is 2. The number of hydrogen-bond acceptors (Lipinski definition) is 3. The summed E-state index contributed by atoms with van der Waals surface area (Å²) in [5.74, 6) is 0.247. The van der Waals surface area contributed by atoms with Gasteiger partial charge < -0.3 is 14.5 Å². The van der Waals surface area contributed by atoms with Crippen molar-refractivity contribution in [3.8, 4) is 0 Å². The predicted molar refractivity (Wildman–Crippen MR) is 91.9 cm³/mol. The van der Waals surface area contributed by atoms with Gasteiger partial charge in [0.05, 0.1) is 25.0 Å². The van der Waals surface area contributed by atoms with Crippen molar-refractivity contribution in [2.45, 2.75) is 31.3 Å². The van der Waals surface area contributed by atoms with E-state index in [2.05, 4.69) is 0 Å². The van der Waals surface area contributed by atoms with E-state index in [1.807, 2.05) is 30.1 Å². The van der Waals surface area contributed by atoms with Crippen LogP contribution in [0.15, 0.2) is 24.3 Å². The van der Waals surface area contributed by atoms with E-state index in [9.17, 15) is 9.59 Å².